The third-order valence-corrected chi connectivity index (χ3v) is 7.53. The summed E-state index contributed by atoms with van der Waals surface area (Å²) >= 11 is 2.76. The third kappa shape index (κ3) is 3.91. The highest BCUT2D eigenvalue weighted by atomic mass is 32.1. The minimum atomic E-state index is -0.400. The molecule has 0 saturated heterocycles. The first-order valence-corrected chi connectivity index (χ1v) is 11.6. The first kappa shape index (κ1) is 20.7. The van der Waals surface area contributed by atoms with Gasteiger partial charge >= 0.3 is 5.97 Å². The van der Waals surface area contributed by atoms with Gasteiger partial charge in [0.15, 0.2) is 0 Å². The van der Waals surface area contributed by atoms with Crippen molar-refractivity contribution in [3.8, 4) is 0 Å². The number of carbonyl (C=O) groups excluding carboxylic acids is 2. The van der Waals surface area contributed by atoms with Gasteiger partial charge in [-0.2, -0.15) is 0 Å². The number of anilines is 1. The van der Waals surface area contributed by atoms with Crippen molar-refractivity contribution in [2.45, 2.75) is 46.6 Å². The van der Waals surface area contributed by atoms with Crippen LogP contribution in [0.2, 0.25) is 0 Å². The minimum Gasteiger partial charge on any atom is -0.462 e. The fourth-order valence-corrected chi connectivity index (χ4v) is 6.08. The first-order valence-electron chi connectivity index (χ1n) is 9.94. The maximum Gasteiger partial charge on any atom is 0.348 e. The second kappa shape index (κ2) is 8.31. The quantitative estimate of drug-likeness (QED) is 0.604. The number of aromatic nitrogens is 2. The molecule has 1 N–H and O–H groups in total. The number of ether oxygens (including phenoxy) is 1. The number of amides is 1. The first-order chi connectivity index (χ1) is 14.4. The summed E-state index contributed by atoms with van der Waals surface area (Å²) < 4.78 is 6.39. The Morgan fingerprint density at radius 2 is 2.17 bits per heavy atom. The molecule has 158 valence electrons. The highest BCUT2D eigenvalue weighted by Crippen LogP contribution is 2.35. The molecule has 30 heavy (non-hydrogen) atoms. The molecule has 7 nitrogen and oxygen atoms in total. The number of hydrogen-bond acceptors (Lipinski definition) is 7. The smallest absolute Gasteiger partial charge is 0.348 e. The zero-order chi connectivity index (χ0) is 21.4. The predicted molar refractivity (Wildman–Crippen MR) is 119 cm³/mol. The molecule has 0 aromatic carbocycles. The fourth-order valence-electron chi connectivity index (χ4n) is 3.75. The summed E-state index contributed by atoms with van der Waals surface area (Å²) in [7, 11) is 0. The monoisotopic (exact) mass is 445 g/mol. The van der Waals surface area contributed by atoms with E-state index in [0.29, 0.717) is 27.8 Å². The SMILES string of the molecule is CCOC(=O)c1sc(NC(=O)Cn2cnc3sc4c(c3c2=O)CCC(C)C4)cc1C. The highest BCUT2D eigenvalue weighted by Gasteiger charge is 2.23. The maximum absolute atomic E-state index is 13.0. The topological polar surface area (TPSA) is 90.3 Å². The largest absolute Gasteiger partial charge is 0.462 e. The number of nitrogens with one attached hydrogen (secondary N) is 1. The second-order valence-electron chi connectivity index (χ2n) is 7.60. The van der Waals surface area contributed by atoms with E-state index in [4.69, 9.17) is 4.74 Å². The number of fused-ring (bicyclic) bond motifs is 3. The van der Waals surface area contributed by atoms with Gasteiger partial charge in [0.1, 0.15) is 16.3 Å². The van der Waals surface area contributed by atoms with E-state index in [-0.39, 0.29) is 18.0 Å². The number of hydrogen-bond donors (Lipinski definition) is 1. The number of esters is 1. The van der Waals surface area contributed by atoms with Crippen LogP contribution in [0.3, 0.4) is 0 Å². The van der Waals surface area contributed by atoms with Crippen molar-refractivity contribution < 1.29 is 14.3 Å². The lowest BCUT2D eigenvalue weighted by atomic mass is 9.89. The van der Waals surface area contributed by atoms with Crippen LogP contribution in [0.15, 0.2) is 17.2 Å². The Morgan fingerprint density at radius 1 is 1.37 bits per heavy atom. The molecule has 0 saturated carbocycles. The fraction of sp³-hybridized carbons (Fsp3) is 0.429. The predicted octanol–water partition coefficient (Wildman–Crippen LogP) is 3.77. The van der Waals surface area contributed by atoms with Crippen LogP contribution in [-0.4, -0.2) is 28.0 Å². The molecule has 3 aromatic heterocycles. The van der Waals surface area contributed by atoms with Crippen molar-refractivity contribution in [2.24, 2.45) is 5.92 Å². The Labute approximate surface area is 181 Å². The molecule has 0 spiro atoms. The third-order valence-electron chi connectivity index (χ3n) is 5.24. The van der Waals surface area contributed by atoms with Crippen molar-refractivity contribution in [1.29, 1.82) is 0 Å². The van der Waals surface area contributed by atoms with E-state index in [1.165, 1.54) is 27.1 Å². The molecule has 1 unspecified atom stereocenters. The Hall–Kier alpha value is -2.52. The maximum atomic E-state index is 13.0. The summed E-state index contributed by atoms with van der Waals surface area (Å²) in [6.07, 6.45) is 4.37. The molecule has 1 aliphatic rings. The van der Waals surface area contributed by atoms with Crippen LogP contribution in [-0.2, 0) is 28.9 Å². The molecule has 0 bridgehead atoms. The summed E-state index contributed by atoms with van der Waals surface area (Å²) in [6.45, 7) is 5.93. The van der Waals surface area contributed by atoms with Crippen LogP contribution >= 0.6 is 22.7 Å². The van der Waals surface area contributed by atoms with E-state index >= 15 is 0 Å². The highest BCUT2D eigenvalue weighted by molar-refractivity contribution is 7.19. The van der Waals surface area contributed by atoms with Gasteiger partial charge in [0.2, 0.25) is 5.91 Å². The van der Waals surface area contributed by atoms with E-state index in [1.807, 2.05) is 0 Å². The number of rotatable bonds is 5. The van der Waals surface area contributed by atoms with Gasteiger partial charge < -0.3 is 10.1 Å². The molecule has 1 aliphatic carbocycles. The molecular formula is C21H23N3O4S2. The molecule has 3 aromatic rings. The van der Waals surface area contributed by atoms with Gasteiger partial charge in [-0.1, -0.05) is 6.92 Å². The van der Waals surface area contributed by atoms with Gasteiger partial charge in [0.25, 0.3) is 5.56 Å². The normalized spacial score (nSPS) is 15.8. The average molecular weight is 446 g/mol. The van der Waals surface area contributed by atoms with Crippen molar-refractivity contribution >= 4 is 49.8 Å². The Morgan fingerprint density at radius 3 is 2.93 bits per heavy atom. The van der Waals surface area contributed by atoms with Crippen LogP contribution in [0, 0.1) is 12.8 Å². The molecule has 1 amide bonds. The minimum absolute atomic E-state index is 0.130. The van der Waals surface area contributed by atoms with Gasteiger partial charge in [0.05, 0.1) is 23.3 Å². The molecule has 1 atom stereocenters. The summed E-state index contributed by atoms with van der Waals surface area (Å²) in [4.78, 5) is 44.5. The Bertz CT molecular complexity index is 1190. The van der Waals surface area contributed by atoms with Crippen LogP contribution in [0.25, 0.3) is 10.2 Å². The van der Waals surface area contributed by atoms with Crippen LogP contribution in [0.5, 0.6) is 0 Å². The van der Waals surface area contributed by atoms with Gasteiger partial charge in [-0.25, -0.2) is 9.78 Å². The standard InChI is InChI=1S/C21H23N3O4S2/c1-4-28-21(27)18-12(3)8-16(30-18)23-15(25)9-24-10-22-19-17(20(24)26)13-6-5-11(2)7-14(13)29-19/h8,10-11H,4-7,9H2,1-3H3,(H,23,25). The number of carbonyl (C=O) groups is 2. The van der Waals surface area contributed by atoms with Gasteiger partial charge in [0, 0.05) is 4.88 Å². The van der Waals surface area contributed by atoms with E-state index < -0.39 is 5.97 Å². The average Bonchev–Trinajstić information content (AvgIpc) is 3.24. The van der Waals surface area contributed by atoms with Crippen molar-refractivity contribution in [2.75, 3.05) is 11.9 Å². The molecule has 0 fully saturated rings. The molecular weight excluding hydrogens is 422 g/mol. The van der Waals surface area contributed by atoms with Gasteiger partial charge in [-0.3, -0.25) is 14.2 Å². The lowest BCUT2D eigenvalue weighted by Gasteiger charge is -2.17. The van der Waals surface area contributed by atoms with E-state index in [1.54, 1.807) is 31.3 Å². The van der Waals surface area contributed by atoms with E-state index in [0.717, 1.165) is 35.2 Å². The summed E-state index contributed by atoms with van der Waals surface area (Å²) in [5.41, 5.74) is 1.68. The Kier molecular flexibility index (Phi) is 5.75. The van der Waals surface area contributed by atoms with Crippen molar-refractivity contribution in [3.05, 3.63) is 43.6 Å². The van der Waals surface area contributed by atoms with Crippen molar-refractivity contribution in [1.82, 2.24) is 9.55 Å². The summed E-state index contributed by atoms with van der Waals surface area (Å²) in [6, 6.07) is 1.73. The molecule has 0 radical (unpaired) electrons. The van der Waals surface area contributed by atoms with Crippen molar-refractivity contribution in [3.63, 3.8) is 0 Å². The lowest BCUT2D eigenvalue weighted by Crippen LogP contribution is -2.28. The van der Waals surface area contributed by atoms with Gasteiger partial charge in [-0.05, 0) is 56.2 Å². The van der Waals surface area contributed by atoms with E-state index in [2.05, 4.69) is 17.2 Å². The second-order valence-corrected chi connectivity index (χ2v) is 9.74. The number of thiophene rings is 2. The van der Waals surface area contributed by atoms with Gasteiger partial charge in [-0.15, -0.1) is 22.7 Å². The van der Waals surface area contributed by atoms with E-state index in [9.17, 15) is 14.4 Å². The number of nitrogens with zero attached hydrogens (tertiary/aromatic N) is 2. The lowest BCUT2D eigenvalue weighted by molar-refractivity contribution is -0.116. The van der Waals surface area contributed by atoms with Crippen LogP contribution in [0.1, 0.15) is 45.9 Å². The molecule has 4 rings (SSSR count). The Balaban J connectivity index is 1.54. The van der Waals surface area contributed by atoms with Crippen LogP contribution in [0.4, 0.5) is 5.00 Å². The molecule has 3 heterocycles. The number of aryl methyl sites for hydroxylation is 2. The summed E-state index contributed by atoms with van der Waals surface area (Å²) in [5.74, 6) is -0.122. The van der Waals surface area contributed by atoms with Crippen LogP contribution < -0.4 is 10.9 Å². The molecule has 0 aliphatic heterocycles. The molecule has 9 heteroatoms. The zero-order valence-electron chi connectivity index (χ0n) is 17.1. The zero-order valence-corrected chi connectivity index (χ0v) is 18.7. The summed E-state index contributed by atoms with van der Waals surface area (Å²) in [5, 5.41) is 3.98.